The van der Waals surface area contributed by atoms with Crippen LogP contribution in [0.25, 0.3) is 11.3 Å². The van der Waals surface area contributed by atoms with E-state index in [0.29, 0.717) is 18.0 Å². The molecule has 3 rings (SSSR count). The third kappa shape index (κ3) is 2.68. The normalized spacial score (nSPS) is 26.0. The van der Waals surface area contributed by atoms with Gasteiger partial charge in [0.05, 0.1) is 6.20 Å². The van der Waals surface area contributed by atoms with E-state index >= 15 is 0 Å². The topological polar surface area (TPSA) is 80.5 Å². The van der Waals surface area contributed by atoms with Gasteiger partial charge in [-0.2, -0.15) is 0 Å². The van der Waals surface area contributed by atoms with Gasteiger partial charge in [-0.05, 0) is 26.2 Å². The highest BCUT2D eigenvalue weighted by atomic mass is 15.4. The lowest BCUT2D eigenvalue weighted by Crippen LogP contribution is -2.30. The zero-order valence-electron chi connectivity index (χ0n) is 11.7. The molecule has 0 spiro atoms. The monoisotopic (exact) mass is 273 g/mol. The number of nitrogens with zero attached hydrogens (tertiary/aromatic N) is 5. The lowest BCUT2D eigenvalue weighted by molar-refractivity contribution is 0.374. The van der Waals surface area contributed by atoms with Crippen molar-refractivity contribution >= 4 is 0 Å². The number of nitrogens with one attached hydrogen (secondary N) is 2. The van der Waals surface area contributed by atoms with Gasteiger partial charge in [-0.1, -0.05) is 5.21 Å². The highest BCUT2D eigenvalue weighted by molar-refractivity contribution is 5.54. The van der Waals surface area contributed by atoms with Crippen LogP contribution in [-0.4, -0.2) is 37.0 Å². The lowest BCUT2D eigenvalue weighted by Gasteiger charge is -2.17. The van der Waals surface area contributed by atoms with Gasteiger partial charge in [0.15, 0.2) is 0 Å². The van der Waals surface area contributed by atoms with Gasteiger partial charge >= 0.3 is 0 Å². The Bertz CT molecular complexity index is 543. The van der Waals surface area contributed by atoms with Crippen molar-refractivity contribution in [1.82, 2.24) is 35.8 Å². The van der Waals surface area contributed by atoms with Crippen LogP contribution in [0.4, 0.5) is 0 Å². The Morgan fingerprint density at radius 3 is 2.55 bits per heavy atom. The van der Waals surface area contributed by atoms with Crippen molar-refractivity contribution in [1.29, 1.82) is 0 Å². The van der Waals surface area contributed by atoms with Crippen LogP contribution >= 0.6 is 0 Å². The van der Waals surface area contributed by atoms with Crippen LogP contribution < -0.4 is 10.9 Å². The maximum Gasteiger partial charge on any atom is 0.116 e. The Labute approximate surface area is 117 Å². The quantitative estimate of drug-likeness (QED) is 0.850. The Hall–Kier alpha value is -1.86. The standard InChI is InChI=1S/C13H19N7/c1-9-12(10(2)17-16-9)3-4-20-7-13(18-19-20)11-5-14-8-15-6-11/h5-10,12,16-17H,3-4H2,1-2H3. The van der Waals surface area contributed by atoms with E-state index in [2.05, 4.69) is 45.0 Å². The summed E-state index contributed by atoms with van der Waals surface area (Å²) < 4.78 is 1.89. The Morgan fingerprint density at radius 2 is 1.85 bits per heavy atom. The molecule has 3 heterocycles. The number of hydrogen-bond donors (Lipinski definition) is 2. The molecule has 2 N–H and O–H groups in total. The van der Waals surface area contributed by atoms with Gasteiger partial charge in [0, 0.05) is 36.6 Å². The molecule has 1 fully saturated rings. The third-order valence-electron chi connectivity index (χ3n) is 3.91. The first-order valence-corrected chi connectivity index (χ1v) is 6.90. The maximum absolute atomic E-state index is 4.17. The molecule has 20 heavy (non-hydrogen) atoms. The smallest absolute Gasteiger partial charge is 0.116 e. The van der Waals surface area contributed by atoms with E-state index in [1.165, 1.54) is 6.33 Å². The molecule has 2 aromatic heterocycles. The first-order chi connectivity index (χ1) is 9.74. The van der Waals surface area contributed by atoms with Crippen molar-refractivity contribution < 1.29 is 0 Å². The SMILES string of the molecule is CC1NNC(C)C1CCn1cc(-c2cncnc2)nn1. The minimum Gasteiger partial charge on any atom is -0.254 e. The molecule has 1 saturated heterocycles. The van der Waals surface area contributed by atoms with E-state index in [1.807, 2.05) is 10.9 Å². The molecule has 0 radical (unpaired) electrons. The predicted octanol–water partition coefficient (Wildman–Crippen LogP) is 0.626. The Morgan fingerprint density at radius 1 is 1.15 bits per heavy atom. The summed E-state index contributed by atoms with van der Waals surface area (Å²) in [4.78, 5) is 7.99. The summed E-state index contributed by atoms with van der Waals surface area (Å²) >= 11 is 0. The molecule has 0 amide bonds. The van der Waals surface area contributed by atoms with E-state index in [4.69, 9.17) is 0 Å². The minimum atomic E-state index is 0.482. The molecule has 0 bridgehead atoms. The summed E-state index contributed by atoms with van der Waals surface area (Å²) in [6.45, 7) is 5.27. The van der Waals surface area contributed by atoms with Crippen molar-refractivity contribution in [2.24, 2.45) is 5.92 Å². The van der Waals surface area contributed by atoms with Crippen molar-refractivity contribution in [3.8, 4) is 11.3 Å². The van der Waals surface area contributed by atoms with Gasteiger partial charge in [-0.25, -0.2) is 9.97 Å². The van der Waals surface area contributed by atoms with Crippen LogP contribution in [0.1, 0.15) is 20.3 Å². The van der Waals surface area contributed by atoms with Gasteiger partial charge in [0.1, 0.15) is 12.0 Å². The van der Waals surface area contributed by atoms with Gasteiger partial charge in [-0.3, -0.25) is 15.5 Å². The van der Waals surface area contributed by atoms with Crippen molar-refractivity contribution in [3.05, 3.63) is 24.9 Å². The fourth-order valence-corrected chi connectivity index (χ4v) is 2.66. The first kappa shape index (κ1) is 13.1. The molecule has 106 valence electrons. The second-order valence-corrected chi connectivity index (χ2v) is 5.31. The van der Waals surface area contributed by atoms with Gasteiger partial charge in [-0.15, -0.1) is 5.10 Å². The zero-order valence-corrected chi connectivity index (χ0v) is 11.7. The third-order valence-corrected chi connectivity index (χ3v) is 3.91. The Balaban J connectivity index is 1.63. The van der Waals surface area contributed by atoms with E-state index in [0.717, 1.165) is 24.2 Å². The van der Waals surface area contributed by atoms with Crippen molar-refractivity contribution in [2.75, 3.05) is 0 Å². The predicted molar refractivity (Wildman–Crippen MR) is 74.4 cm³/mol. The van der Waals surface area contributed by atoms with Crippen LogP contribution in [0.2, 0.25) is 0 Å². The van der Waals surface area contributed by atoms with E-state index in [-0.39, 0.29) is 0 Å². The number of hydrogen-bond acceptors (Lipinski definition) is 6. The molecule has 1 aliphatic heterocycles. The summed E-state index contributed by atoms with van der Waals surface area (Å²) in [7, 11) is 0. The van der Waals surface area contributed by atoms with Crippen LogP contribution in [0.15, 0.2) is 24.9 Å². The van der Waals surface area contributed by atoms with E-state index in [9.17, 15) is 0 Å². The van der Waals surface area contributed by atoms with Crippen LogP contribution in [0.3, 0.4) is 0 Å². The van der Waals surface area contributed by atoms with Crippen molar-refractivity contribution in [2.45, 2.75) is 38.9 Å². The highest BCUT2D eigenvalue weighted by Gasteiger charge is 2.29. The Kier molecular flexibility index (Phi) is 3.70. The molecule has 0 aromatic carbocycles. The van der Waals surface area contributed by atoms with Gasteiger partial charge in [0.25, 0.3) is 0 Å². The first-order valence-electron chi connectivity index (χ1n) is 6.90. The largest absolute Gasteiger partial charge is 0.254 e. The summed E-state index contributed by atoms with van der Waals surface area (Å²) in [5, 5.41) is 8.35. The van der Waals surface area contributed by atoms with Crippen LogP contribution in [-0.2, 0) is 6.54 Å². The summed E-state index contributed by atoms with van der Waals surface area (Å²) in [5.74, 6) is 0.600. The second-order valence-electron chi connectivity index (χ2n) is 5.31. The van der Waals surface area contributed by atoms with E-state index in [1.54, 1.807) is 12.4 Å². The van der Waals surface area contributed by atoms with Crippen molar-refractivity contribution in [3.63, 3.8) is 0 Å². The molecule has 1 aliphatic rings. The fraction of sp³-hybridized carbons (Fsp3) is 0.538. The number of aryl methyl sites for hydroxylation is 1. The van der Waals surface area contributed by atoms with E-state index < -0.39 is 0 Å². The maximum atomic E-state index is 4.17. The molecule has 2 atom stereocenters. The minimum absolute atomic E-state index is 0.482. The van der Waals surface area contributed by atoms with Crippen LogP contribution in [0.5, 0.6) is 0 Å². The highest BCUT2D eigenvalue weighted by Crippen LogP contribution is 2.19. The summed E-state index contributed by atoms with van der Waals surface area (Å²) in [6.07, 6.45) is 8.02. The number of rotatable bonds is 4. The van der Waals surface area contributed by atoms with Gasteiger partial charge in [0.2, 0.25) is 0 Å². The zero-order chi connectivity index (χ0) is 13.9. The number of aromatic nitrogens is 5. The van der Waals surface area contributed by atoms with Crippen LogP contribution in [0, 0.1) is 5.92 Å². The molecule has 7 heteroatoms. The molecular weight excluding hydrogens is 254 g/mol. The lowest BCUT2D eigenvalue weighted by atomic mass is 9.93. The average molecular weight is 273 g/mol. The number of hydrazine groups is 1. The molecule has 7 nitrogen and oxygen atoms in total. The molecule has 2 aromatic rings. The fourth-order valence-electron chi connectivity index (χ4n) is 2.66. The molecule has 0 aliphatic carbocycles. The van der Waals surface area contributed by atoms with Gasteiger partial charge < -0.3 is 0 Å². The second kappa shape index (κ2) is 5.64. The molecule has 0 saturated carbocycles. The summed E-state index contributed by atoms with van der Waals surface area (Å²) in [6, 6.07) is 0.964. The average Bonchev–Trinajstić information content (AvgIpc) is 3.06. The summed E-state index contributed by atoms with van der Waals surface area (Å²) in [5.41, 5.74) is 8.26. The molecule has 2 unspecified atom stereocenters. The molecular formula is C13H19N7.